The molecule has 4 nitrogen and oxygen atoms in total. The second kappa shape index (κ2) is 6.61. The summed E-state index contributed by atoms with van der Waals surface area (Å²) in [6.07, 6.45) is 0.682. The first-order chi connectivity index (χ1) is 8.19. The Morgan fingerprint density at radius 3 is 2.89 bits per heavy atom. The van der Waals surface area contributed by atoms with Crippen molar-refractivity contribution in [3.8, 4) is 5.75 Å². The number of benzene rings is 1. The number of esters is 1. The highest BCUT2D eigenvalue weighted by atomic mass is 35.5. The molecule has 0 unspecified atom stereocenters. The lowest BCUT2D eigenvalue weighted by atomic mass is 10.2. The van der Waals surface area contributed by atoms with E-state index in [0.717, 1.165) is 11.3 Å². The van der Waals surface area contributed by atoms with Crippen molar-refractivity contribution in [2.24, 2.45) is 0 Å². The van der Waals surface area contributed by atoms with Gasteiger partial charge in [0.1, 0.15) is 17.9 Å². The number of aryl methyl sites for hydroxylation is 1. The maximum atomic E-state index is 11.3. The molecule has 0 aliphatic carbocycles. The van der Waals surface area contributed by atoms with E-state index < -0.39 is 0 Å². The molecule has 1 fully saturated rings. The zero-order chi connectivity index (χ0) is 12.3. The molecular formula is C13H18ClNO3. The minimum Gasteiger partial charge on any atom is -0.489 e. The Bertz CT molecular complexity index is 411. The molecule has 18 heavy (non-hydrogen) atoms. The van der Waals surface area contributed by atoms with E-state index in [1.54, 1.807) is 0 Å². The van der Waals surface area contributed by atoms with E-state index in [1.165, 1.54) is 7.11 Å². The summed E-state index contributed by atoms with van der Waals surface area (Å²) in [6.45, 7) is 2.70. The Hall–Kier alpha value is -1.26. The number of methoxy groups -OCH3 is 1. The summed E-state index contributed by atoms with van der Waals surface area (Å²) in [7, 11) is 1.40. The van der Waals surface area contributed by atoms with Gasteiger partial charge in [0.05, 0.1) is 7.11 Å². The van der Waals surface area contributed by atoms with Crippen molar-refractivity contribution < 1.29 is 14.3 Å². The first-order valence-corrected chi connectivity index (χ1v) is 5.73. The number of carbonyl (C=O) groups is 1. The molecule has 100 valence electrons. The Morgan fingerprint density at radius 1 is 1.44 bits per heavy atom. The van der Waals surface area contributed by atoms with Gasteiger partial charge >= 0.3 is 5.97 Å². The van der Waals surface area contributed by atoms with E-state index in [9.17, 15) is 4.79 Å². The largest absolute Gasteiger partial charge is 0.489 e. The summed E-state index contributed by atoms with van der Waals surface area (Å²) >= 11 is 0. The summed E-state index contributed by atoms with van der Waals surface area (Å²) in [5, 5.41) is 3.09. The molecule has 1 aromatic rings. The number of halogens is 1. The van der Waals surface area contributed by atoms with E-state index in [4.69, 9.17) is 9.47 Å². The molecule has 0 spiro atoms. The summed E-state index contributed by atoms with van der Waals surface area (Å²) in [6, 6.07) is 7.67. The molecule has 1 heterocycles. The van der Waals surface area contributed by atoms with E-state index in [2.05, 4.69) is 5.32 Å². The normalized spacial score (nSPS) is 22.1. The average molecular weight is 272 g/mol. The third-order valence-electron chi connectivity index (χ3n) is 2.87. The highest BCUT2D eigenvalue weighted by molar-refractivity contribution is 5.85. The van der Waals surface area contributed by atoms with Crippen LogP contribution in [-0.4, -0.2) is 31.8 Å². The second-order valence-electron chi connectivity index (χ2n) is 4.28. The lowest BCUT2D eigenvalue weighted by Crippen LogP contribution is -2.31. The van der Waals surface area contributed by atoms with Gasteiger partial charge in [-0.05, 0) is 24.6 Å². The summed E-state index contributed by atoms with van der Waals surface area (Å²) in [5.41, 5.74) is 1.16. The van der Waals surface area contributed by atoms with Crippen molar-refractivity contribution in [2.45, 2.75) is 25.5 Å². The van der Waals surface area contributed by atoms with Crippen LogP contribution in [0.4, 0.5) is 0 Å². The third kappa shape index (κ3) is 3.62. The van der Waals surface area contributed by atoms with Crippen LogP contribution in [0.3, 0.4) is 0 Å². The number of rotatable bonds is 3. The van der Waals surface area contributed by atoms with Crippen molar-refractivity contribution >= 4 is 18.4 Å². The Balaban J connectivity index is 0.00000162. The van der Waals surface area contributed by atoms with Crippen LogP contribution < -0.4 is 10.1 Å². The zero-order valence-corrected chi connectivity index (χ0v) is 11.3. The van der Waals surface area contributed by atoms with Gasteiger partial charge in [0.2, 0.25) is 0 Å². The van der Waals surface area contributed by atoms with Crippen LogP contribution in [0.1, 0.15) is 12.0 Å². The number of nitrogens with one attached hydrogen (secondary N) is 1. The smallest absolute Gasteiger partial charge is 0.323 e. The molecule has 0 amide bonds. The maximum Gasteiger partial charge on any atom is 0.323 e. The predicted octanol–water partition coefficient (Wildman–Crippen LogP) is 1.70. The molecule has 0 aromatic heterocycles. The highest BCUT2D eigenvalue weighted by Crippen LogP contribution is 2.18. The monoisotopic (exact) mass is 271 g/mol. The number of hydrogen-bond acceptors (Lipinski definition) is 4. The molecule has 1 aliphatic heterocycles. The molecular weight excluding hydrogens is 254 g/mol. The molecule has 0 radical (unpaired) electrons. The van der Waals surface area contributed by atoms with E-state index in [-0.39, 0.29) is 30.5 Å². The number of hydrogen-bond donors (Lipinski definition) is 1. The SMILES string of the molecule is COC(=O)[C@@H]1C[C@H](Oc2cccc(C)c2)CN1.Cl. The van der Waals surface area contributed by atoms with Crippen LogP contribution in [-0.2, 0) is 9.53 Å². The van der Waals surface area contributed by atoms with Crippen LogP contribution in [0, 0.1) is 6.92 Å². The van der Waals surface area contributed by atoms with Crippen molar-refractivity contribution in [3.63, 3.8) is 0 Å². The topological polar surface area (TPSA) is 47.6 Å². The van der Waals surface area contributed by atoms with Crippen LogP contribution in [0.5, 0.6) is 5.75 Å². The average Bonchev–Trinajstić information content (AvgIpc) is 2.76. The first kappa shape index (κ1) is 14.8. The minimum atomic E-state index is -0.241. The Morgan fingerprint density at radius 2 is 2.22 bits per heavy atom. The highest BCUT2D eigenvalue weighted by Gasteiger charge is 2.31. The number of ether oxygens (including phenoxy) is 2. The van der Waals surface area contributed by atoms with Crippen LogP contribution in [0.2, 0.25) is 0 Å². The van der Waals surface area contributed by atoms with Crippen LogP contribution >= 0.6 is 12.4 Å². The van der Waals surface area contributed by atoms with Crippen molar-refractivity contribution in [3.05, 3.63) is 29.8 Å². The van der Waals surface area contributed by atoms with Gasteiger partial charge in [0.25, 0.3) is 0 Å². The van der Waals surface area contributed by atoms with Gasteiger partial charge in [-0.2, -0.15) is 0 Å². The fourth-order valence-electron chi connectivity index (χ4n) is 2.00. The van der Waals surface area contributed by atoms with Gasteiger partial charge in [-0.3, -0.25) is 4.79 Å². The minimum absolute atomic E-state index is 0. The fourth-order valence-corrected chi connectivity index (χ4v) is 2.00. The van der Waals surface area contributed by atoms with Crippen molar-refractivity contribution in [1.29, 1.82) is 0 Å². The van der Waals surface area contributed by atoms with Gasteiger partial charge in [0.15, 0.2) is 0 Å². The van der Waals surface area contributed by atoms with E-state index in [1.807, 2.05) is 31.2 Å². The van der Waals surface area contributed by atoms with Gasteiger partial charge in [0, 0.05) is 13.0 Å². The Labute approximate surface area is 113 Å². The molecule has 1 saturated heterocycles. The molecule has 1 N–H and O–H groups in total. The lowest BCUT2D eigenvalue weighted by molar-refractivity contribution is -0.142. The molecule has 2 rings (SSSR count). The second-order valence-corrected chi connectivity index (χ2v) is 4.28. The lowest BCUT2D eigenvalue weighted by Gasteiger charge is -2.13. The maximum absolute atomic E-state index is 11.3. The van der Waals surface area contributed by atoms with Crippen molar-refractivity contribution in [2.75, 3.05) is 13.7 Å². The molecule has 1 aliphatic rings. The summed E-state index contributed by atoms with van der Waals surface area (Å²) in [4.78, 5) is 11.3. The molecule has 0 bridgehead atoms. The zero-order valence-electron chi connectivity index (χ0n) is 10.5. The number of carbonyl (C=O) groups excluding carboxylic acids is 1. The quantitative estimate of drug-likeness (QED) is 0.850. The third-order valence-corrected chi connectivity index (χ3v) is 2.87. The molecule has 1 aromatic carbocycles. The Kier molecular flexibility index (Phi) is 5.44. The molecule has 0 saturated carbocycles. The van der Waals surface area contributed by atoms with Crippen LogP contribution in [0.15, 0.2) is 24.3 Å². The fraction of sp³-hybridized carbons (Fsp3) is 0.462. The summed E-state index contributed by atoms with van der Waals surface area (Å²) in [5.74, 6) is 0.627. The molecule has 5 heteroatoms. The standard InChI is InChI=1S/C13H17NO3.ClH/c1-9-4-3-5-10(6-9)17-11-7-12(14-8-11)13(15)16-2;/h3-6,11-12,14H,7-8H2,1-2H3;1H/t11-,12-;/m0./s1. The predicted molar refractivity (Wildman–Crippen MR) is 71.3 cm³/mol. The van der Waals surface area contributed by atoms with Crippen molar-refractivity contribution in [1.82, 2.24) is 5.32 Å². The van der Waals surface area contributed by atoms with E-state index >= 15 is 0 Å². The first-order valence-electron chi connectivity index (χ1n) is 5.73. The van der Waals surface area contributed by atoms with Gasteiger partial charge in [-0.25, -0.2) is 0 Å². The summed E-state index contributed by atoms with van der Waals surface area (Å²) < 4.78 is 10.5. The molecule has 2 atom stereocenters. The van der Waals surface area contributed by atoms with Gasteiger partial charge in [-0.1, -0.05) is 12.1 Å². The van der Waals surface area contributed by atoms with Gasteiger partial charge in [-0.15, -0.1) is 12.4 Å². The van der Waals surface area contributed by atoms with Crippen LogP contribution in [0.25, 0.3) is 0 Å². The van der Waals surface area contributed by atoms with E-state index in [0.29, 0.717) is 13.0 Å². The van der Waals surface area contributed by atoms with Gasteiger partial charge < -0.3 is 14.8 Å².